The summed E-state index contributed by atoms with van der Waals surface area (Å²) in [5.74, 6) is -1.70. The number of benzene rings is 1. The Kier molecular flexibility index (Phi) is 7.23. The topological polar surface area (TPSA) is 94.9 Å². The summed E-state index contributed by atoms with van der Waals surface area (Å²) in [6.07, 6.45) is 7.50. The summed E-state index contributed by atoms with van der Waals surface area (Å²) < 4.78 is 28.6. The van der Waals surface area contributed by atoms with Crippen molar-refractivity contribution in [2.45, 2.75) is 26.3 Å². The number of hydrogen-bond acceptors (Lipinski definition) is 5. The van der Waals surface area contributed by atoms with Gasteiger partial charge in [0.05, 0.1) is 5.02 Å². The minimum atomic E-state index is -1.05. The first-order chi connectivity index (χ1) is 15.7. The zero-order valence-electron chi connectivity index (χ0n) is 17.7. The lowest BCUT2D eigenvalue weighted by molar-refractivity contribution is 0.0695. The predicted octanol–water partition coefficient (Wildman–Crippen LogP) is 2.20. The molecule has 1 aliphatic rings. The largest absolute Gasteiger partial charge is 0.502 e. The molecule has 1 aliphatic heterocycles. The van der Waals surface area contributed by atoms with Gasteiger partial charge in [-0.1, -0.05) is 11.6 Å². The molecular weight excluding hydrogens is 458 g/mol. The number of carbonyl (C=O) groups excluding carboxylic acids is 2. The molecule has 0 radical (unpaired) electrons. The van der Waals surface area contributed by atoms with Crippen molar-refractivity contribution in [1.29, 1.82) is 0 Å². The van der Waals surface area contributed by atoms with E-state index in [2.05, 4.69) is 11.2 Å². The molecule has 0 bridgehead atoms. The van der Waals surface area contributed by atoms with Gasteiger partial charge in [-0.25, -0.2) is 8.78 Å². The fraction of sp³-hybridized carbons (Fsp3) is 0.318. The third kappa shape index (κ3) is 4.78. The maximum atomic E-state index is 13.9. The Hall–Kier alpha value is -3.58. The summed E-state index contributed by atoms with van der Waals surface area (Å²) in [6.45, 7) is 2.26. The van der Waals surface area contributed by atoms with Gasteiger partial charge in [0.1, 0.15) is 23.9 Å². The molecule has 1 aromatic heterocycles. The van der Waals surface area contributed by atoms with E-state index < -0.39 is 40.2 Å². The third-order valence-electron chi connectivity index (χ3n) is 5.19. The van der Waals surface area contributed by atoms with Crippen molar-refractivity contribution in [3.8, 4) is 18.1 Å². The van der Waals surface area contributed by atoms with Gasteiger partial charge in [0, 0.05) is 43.9 Å². The minimum Gasteiger partial charge on any atom is -0.502 e. The van der Waals surface area contributed by atoms with Crippen LogP contribution in [0.1, 0.15) is 46.2 Å². The number of halogens is 3. The molecule has 1 aromatic carbocycles. The van der Waals surface area contributed by atoms with E-state index in [9.17, 15) is 28.3 Å². The van der Waals surface area contributed by atoms with Crippen molar-refractivity contribution >= 4 is 23.4 Å². The second-order valence-corrected chi connectivity index (χ2v) is 7.70. The van der Waals surface area contributed by atoms with E-state index in [1.165, 1.54) is 9.58 Å². The van der Waals surface area contributed by atoms with Crippen LogP contribution >= 0.6 is 11.6 Å². The fourth-order valence-electron chi connectivity index (χ4n) is 3.41. The summed E-state index contributed by atoms with van der Waals surface area (Å²) in [6, 6.07) is 1.61. The Morgan fingerprint density at radius 3 is 2.70 bits per heavy atom. The summed E-state index contributed by atoms with van der Waals surface area (Å²) >= 11 is 5.65. The number of nitrogens with one attached hydrogen (secondary N) is 1. The Morgan fingerprint density at radius 1 is 1.30 bits per heavy atom. The number of aromatic hydroxyl groups is 1. The van der Waals surface area contributed by atoms with Gasteiger partial charge in [0.15, 0.2) is 11.4 Å². The number of aromatic nitrogens is 1. The maximum absolute atomic E-state index is 13.9. The van der Waals surface area contributed by atoms with Crippen molar-refractivity contribution in [3.05, 3.63) is 62.0 Å². The highest BCUT2D eigenvalue weighted by atomic mass is 35.5. The predicted molar refractivity (Wildman–Crippen MR) is 118 cm³/mol. The van der Waals surface area contributed by atoms with Gasteiger partial charge in [-0.05, 0) is 19.4 Å². The highest BCUT2D eigenvalue weighted by molar-refractivity contribution is 6.30. The number of unbranched alkanes of at least 4 members (excludes halogenated alkanes) is 1. The Balaban J connectivity index is 1.95. The van der Waals surface area contributed by atoms with Crippen LogP contribution in [0.15, 0.2) is 23.1 Å². The molecule has 0 spiro atoms. The van der Waals surface area contributed by atoms with Crippen molar-refractivity contribution in [1.82, 2.24) is 14.9 Å². The zero-order chi connectivity index (χ0) is 24.3. The van der Waals surface area contributed by atoms with Crippen LogP contribution in [-0.4, -0.2) is 46.3 Å². The van der Waals surface area contributed by atoms with Gasteiger partial charge >= 0.3 is 0 Å². The van der Waals surface area contributed by atoms with E-state index in [0.717, 1.165) is 12.3 Å². The van der Waals surface area contributed by atoms with Crippen LogP contribution in [0, 0.1) is 24.0 Å². The number of amides is 2. The lowest BCUT2D eigenvalue weighted by Gasteiger charge is -2.39. The molecule has 2 amide bonds. The summed E-state index contributed by atoms with van der Waals surface area (Å²) in [5, 5.41) is 14.2. The number of nitrogens with zero attached hydrogens (tertiary/aromatic N) is 3. The molecule has 0 fully saturated rings. The van der Waals surface area contributed by atoms with E-state index in [-0.39, 0.29) is 29.5 Å². The molecule has 0 aliphatic carbocycles. The van der Waals surface area contributed by atoms with E-state index in [1.54, 1.807) is 11.9 Å². The molecule has 2 N–H and O–H groups in total. The SMILES string of the molecule is C#CCCCN1CN(CC)C(=O)c2c(O)c(=O)c(C(=O)NCc3cc(Cl)c(F)cc3F)cn21. The molecule has 0 saturated heterocycles. The van der Waals surface area contributed by atoms with E-state index in [0.29, 0.717) is 32.0 Å². The number of rotatable bonds is 7. The van der Waals surface area contributed by atoms with Gasteiger partial charge in [-0.3, -0.25) is 24.1 Å². The highest BCUT2D eigenvalue weighted by Gasteiger charge is 2.33. The average molecular weight is 479 g/mol. The number of carbonyl (C=O) groups is 2. The lowest BCUT2D eigenvalue weighted by atomic mass is 10.1. The second kappa shape index (κ2) is 9.92. The van der Waals surface area contributed by atoms with Crippen molar-refractivity contribution in [2.24, 2.45) is 0 Å². The van der Waals surface area contributed by atoms with Crippen LogP contribution < -0.4 is 15.8 Å². The van der Waals surface area contributed by atoms with Crippen LogP contribution in [0.3, 0.4) is 0 Å². The van der Waals surface area contributed by atoms with E-state index in [4.69, 9.17) is 18.0 Å². The van der Waals surface area contributed by atoms with Gasteiger partial charge in [-0.15, -0.1) is 12.3 Å². The Labute approximate surface area is 193 Å². The molecule has 0 unspecified atom stereocenters. The zero-order valence-corrected chi connectivity index (χ0v) is 18.5. The molecular formula is C22H21ClF2N4O4. The first-order valence-electron chi connectivity index (χ1n) is 10.1. The summed E-state index contributed by atoms with van der Waals surface area (Å²) in [4.78, 5) is 39.6. The molecule has 33 heavy (non-hydrogen) atoms. The molecule has 2 aromatic rings. The number of fused-ring (bicyclic) bond motifs is 1. The molecule has 2 heterocycles. The number of pyridine rings is 1. The Morgan fingerprint density at radius 2 is 2.03 bits per heavy atom. The quantitative estimate of drug-likeness (QED) is 0.361. The van der Waals surface area contributed by atoms with Crippen LogP contribution in [0.2, 0.25) is 5.02 Å². The van der Waals surface area contributed by atoms with Gasteiger partial charge in [0.2, 0.25) is 5.43 Å². The van der Waals surface area contributed by atoms with Crippen molar-refractivity contribution < 1.29 is 23.5 Å². The maximum Gasteiger partial charge on any atom is 0.277 e. The minimum absolute atomic E-state index is 0.0956. The highest BCUT2D eigenvalue weighted by Crippen LogP contribution is 2.22. The molecule has 0 saturated carbocycles. The summed E-state index contributed by atoms with van der Waals surface area (Å²) in [7, 11) is 0. The third-order valence-corrected chi connectivity index (χ3v) is 5.48. The monoisotopic (exact) mass is 478 g/mol. The van der Waals surface area contributed by atoms with E-state index in [1.807, 2.05) is 0 Å². The smallest absolute Gasteiger partial charge is 0.277 e. The Bertz CT molecular complexity index is 1210. The second-order valence-electron chi connectivity index (χ2n) is 7.29. The number of terminal acetylenes is 1. The standard InChI is InChI=1S/C22H21ClF2N4O4/c1-3-5-6-7-28-12-27(4-2)22(33)18-20(31)19(30)14(11-29(18)28)21(32)26-10-13-8-15(23)17(25)9-16(13)24/h1,8-9,11,31H,4-7,10,12H2,2H3,(H,26,32). The van der Waals surface area contributed by atoms with Gasteiger partial charge in [-0.2, -0.15) is 0 Å². The molecule has 174 valence electrons. The van der Waals surface area contributed by atoms with Crippen molar-refractivity contribution in [3.63, 3.8) is 0 Å². The van der Waals surface area contributed by atoms with Crippen LogP contribution in [0.25, 0.3) is 0 Å². The first kappa shape index (κ1) is 24.1. The molecule has 8 nitrogen and oxygen atoms in total. The lowest BCUT2D eigenvalue weighted by Crippen LogP contribution is -2.54. The molecule has 11 heteroatoms. The van der Waals surface area contributed by atoms with Crippen molar-refractivity contribution in [2.75, 3.05) is 24.8 Å². The normalized spacial score (nSPS) is 13.0. The van der Waals surface area contributed by atoms with Crippen LogP contribution in [0.4, 0.5) is 8.78 Å². The summed E-state index contributed by atoms with van der Waals surface area (Å²) in [5.41, 5.74) is -1.86. The van der Waals surface area contributed by atoms with Gasteiger partial charge < -0.3 is 15.3 Å². The first-order valence-corrected chi connectivity index (χ1v) is 10.5. The molecule has 0 atom stereocenters. The average Bonchev–Trinajstić information content (AvgIpc) is 2.78. The van der Waals surface area contributed by atoms with E-state index >= 15 is 0 Å². The van der Waals surface area contributed by atoms with Crippen LogP contribution in [-0.2, 0) is 6.54 Å². The fourth-order valence-corrected chi connectivity index (χ4v) is 3.59. The number of hydrogen-bond donors (Lipinski definition) is 2. The van der Waals surface area contributed by atoms with Gasteiger partial charge in [0.25, 0.3) is 11.8 Å². The molecule has 3 rings (SSSR count). The van der Waals surface area contributed by atoms with Crippen LogP contribution in [0.5, 0.6) is 5.75 Å².